The van der Waals surface area contributed by atoms with E-state index in [-0.39, 0.29) is 5.68 Å². The molecule has 7 aromatic rings. The summed E-state index contributed by atoms with van der Waals surface area (Å²) in [7, 11) is 0. The molecule has 4 heteroatoms. The lowest BCUT2D eigenvalue weighted by Gasteiger charge is -2.09. The quantitative estimate of drug-likeness (QED) is 0.274. The van der Waals surface area contributed by atoms with E-state index < -0.39 is 0 Å². The molecule has 0 fully saturated rings. The highest BCUT2D eigenvalue weighted by atomic mass is 16.3. The number of hydrogen-bond acceptors (Lipinski definition) is 2. The minimum absolute atomic E-state index is 0.123. The van der Waals surface area contributed by atoms with Crippen LogP contribution in [0.25, 0.3) is 55.4 Å². The topological polar surface area (TPSA) is 46.9 Å². The molecular formula is C33H25N3O. The van der Waals surface area contributed by atoms with E-state index in [2.05, 4.69) is 103 Å². The Morgan fingerprint density at radius 1 is 0.595 bits per heavy atom. The Morgan fingerprint density at radius 2 is 1.27 bits per heavy atom. The van der Waals surface area contributed by atoms with E-state index in [4.69, 9.17) is 9.83 Å². The van der Waals surface area contributed by atoms with Gasteiger partial charge in [0.2, 0.25) is 0 Å². The van der Waals surface area contributed by atoms with Crippen molar-refractivity contribution >= 4 is 32.9 Å². The standard InChI is InChI=1S/C33H25N3O/c1-21-12-15-29-26(18-21)27-19-23(13-16-30(27)35(29)25-9-4-3-5-10-25)24-14-17-32-31(20-24)36(33(34)37-32)28-11-7-6-8-22(28)2/h3-20,34H,1-2H3. The zero-order valence-corrected chi connectivity index (χ0v) is 20.7. The number of nitrogens with zero attached hydrogens (tertiary/aromatic N) is 2. The predicted molar refractivity (Wildman–Crippen MR) is 151 cm³/mol. The van der Waals surface area contributed by atoms with Gasteiger partial charge in [-0.3, -0.25) is 9.98 Å². The Labute approximate surface area is 214 Å². The zero-order valence-electron chi connectivity index (χ0n) is 20.7. The van der Waals surface area contributed by atoms with Gasteiger partial charge in [-0.25, -0.2) is 0 Å². The van der Waals surface area contributed by atoms with Crippen LogP contribution in [0.1, 0.15) is 11.1 Å². The second-order valence-corrected chi connectivity index (χ2v) is 9.64. The van der Waals surface area contributed by atoms with Gasteiger partial charge in [0.05, 0.1) is 22.2 Å². The smallest absolute Gasteiger partial charge is 0.299 e. The molecule has 0 bridgehead atoms. The number of nitrogens with one attached hydrogen (secondary N) is 1. The molecule has 0 unspecified atom stereocenters. The summed E-state index contributed by atoms with van der Waals surface area (Å²) in [5.41, 5.74) is 10.8. The summed E-state index contributed by atoms with van der Waals surface area (Å²) in [6.45, 7) is 4.20. The van der Waals surface area contributed by atoms with E-state index in [1.54, 1.807) is 0 Å². The fraction of sp³-hybridized carbons (Fsp3) is 0.0606. The van der Waals surface area contributed by atoms with E-state index in [1.165, 1.54) is 27.4 Å². The lowest BCUT2D eigenvalue weighted by atomic mass is 10.0. The maximum Gasteiger partial charge on any atom is 0.299 e. The predicted octanol–water partition coefficient (Wildman–Crippen LogP) is 8.08. The Kier molecular flexibility index (Phi) is 4.70. The van der Waals surface area contributed by atoms with Crippen LogP contribution in [0.5, 0.6) is 0 Å². The Morgan fingerprint density at radius 3 is 2.08 bits per heavy atom. The molecule has 2 aromatic heterocycles. The van der Waals surface area contributed by atoms with Gasteiger partial charge >= 0.3 is 0 Å². The van der Waals surface area contributed by atoms with Crippen molar-refractivity contribution in [3.8, 4) is 22.5 Å². The van der Waals surface area contributed by atoms with E-state index in [9.17, 15) is 0 Å². The minimum Gasteiger partial charge on any atom is -0.423 e. The van der Waals surface area contributed by atoms with Crippen molar-refractivity contribution in [1.29, 1.82) is 5.41 Å². The van der Waals surface area contributed by atoms with Crippen LogP contribution < -0.4 is 5.68 Å². The normalized spacial score (nSPS) is 11.6. The summed E-state index contributed by atoms with van der Waals surface area (Å²) >= 11 is 0. The molecule has 0 aliphatic carbocycles. The average Bonchev–Trinajstić information content (AvgIpc) is 3.42. The first-order valence-corrected chi connectivity index (χ1v) is 12.5. The Bertz CT molecular complexity index is 2020. The Hall–Kier alpha value is -4.83. The minimum atomic E-state index is 0.123. The third kappa shape index (κ3) is 3.34. The molecule has 0 aliphatic rings. The maximum absolute atomic E-state index is 8.50. The molecule has 0 saturated heterocycles. The van der Waals surface area contributed by atoms with Gasteiger partial charge in [-0.1, -0.05) is 60.2 Å². The number of oxazole rings is 1. The molecule has 0 saturated carbocycles. The third-order valence-corrected chi connectivity index (χ3v) is 7.23. The van der Waals surface area contributed by atoms with Crippen molar-refractivity contribution in [2.45, 2.75) is 13.8 Å². The largest absolute Gasteiger partial charge is 0.423 e. The van der Waals surface area contributed by atoms with Crippen molar-refractivity contribution in [3.05, 3.63) is 126 Å². The second kappa shape index (κ2) is 8.10. The number of fused-ring (bicyclic) bond motifs is 4. The van der Waals surface area contributed by atoms with E-state index in [1.807, 2.05) is 28.8 Å². The van der Waals surface area contributed by atoms with Crippen LogP contribution in [-0.4, -0.2) is 9.13 Å². The lowest BCUT2D eigenvalue weighted by Crippen LogP contribution is -2.13. The molecule has 5 aromatic carbocycles. The van der Waals surface area contributed by atoms with Gasteiger partial charge in [0.1, 0.15) is 0 Å². The summed E-state index contributed by atoms with van der Waals surface area (Å²) in [5, 5.41) is 11.0. The highest BCUT2D eigenvalue weighted by Gasteiger charge is 2.15. The van der Waals surface area contributed by atoms with Gasteiger partial charge in [-0.2, -0.15) is 0 Å². The second-order valence-electron chi connectivity index (χ2n) is 9.64. The van der Waals surface area contributed by atoms with Crippen molar-refractivity contribution in [1.82, 2.24) is 9.13 Å². The summed E-state index contributed by atoms with van der Waals surface area (Å²) in [6.07, 6.45) is 0. The number of benzene rings is 5. The molecule has 0 aliphatic heterocycles. The molecule has 0 spiro atoms. The number of rotatable bonds is 3. The zero-order chi connectivity index (χ0) is 25.1. The van der Waals surface area contributed by atoms with Gasteiger partial charge in [0, 0.05) is 16.5 Å². The van der Waals surface area contributed by atoms with Crippen LogP contribution in [0.15, 0.2) is 114 Å². The van der Waals surface area contributed by atoms with Crippen molar-refractivity contribution in [2.24, 2.45) is 0 Å². The Balaban J connectivity index is 1.47. The van der Waals surface area contributed by atoms with Crippen LogP contribution in [0, 0.1) is 19.3 Å². The van der Waals surface area contributed by atoms with Crippen LogP contribution in [0.2, 0.25) is 0 Å². The first kappa shape index (κ1) is 21.5. The molecule has 2 heterocycles. The molecule has 0 amide bonds. The van der Waals surface area contributed by atoms with Crippen LogP contribution in [0.3, 0.4) is 0 Å². The molecule has 0 radical (unpaired) electrons. The van der Waals surface area contributed by atoms with Crippen LogP contribution in [0.4, 0.5) is 0 Å². The molecule has 0 atom stereocenters. The number of para-hydroxylation sites is 2. The fourth-order valence-electron chi connectivity index (χ4n) is 5.44. The molecule has 4 nitrogen and oxygen atoms in total. The van der Waals surface area contributed by atoms with Gasteiger partial charge in [-0.15, -0.1) is 0 Å². The summed E-state index contributed by atoms with van der Waals surface area (Å²) in [6, 6.07) is 38.2. The third-order valence-electron chi connectivity index (χ3n) is 7.23. The van der Waals surface area contributed by atoms with Gasteiger partial charge in [-0.05, 0) is 85.1 Å². The molecule has 1 N–H and O–H groups in total. The first-order valence-electron chi connectivity index (χ1n) is 12.5. The van der Waals surface area contributed by atoms with Gasteiger partial charge in [0.25, 0.3) is 5.68 Å². The molecule has 37 heavy (non-hydrogen) atoms. The van der Waals surface area contributed by atoms with Gasteiger partial charge in [0.15, 0.2) is 5.58 Å². The molecule has 7 rings (SSSR count). The average molecular weight is 480 g/mol. The van der Waals surface area contributed by atoms with Crippen molar-refractivity contribution < 1.29 is 4.42 Å². The highest BCUT2D eigenvalue weighted by molar-refractivity contribution is 6.10. The number of aryl methyl sites for hydroxylation is 2. The summed E-state index contributed by atoms with van der Waals surface area (Å²) in [4.78, 5) is 0. The van der Waals surface area contributed by atoms with Crippen molar-refractivity contribution in [2.75, 3.05) is 0 Å². The van der Waals surface area contributed by atoms with E-state index in [0.717, 1.165) is 33.6 Å². The number of hydrogen-bond donors (Lipinski definition) is 1. The summed E-state index contributed by atoms with van der Waals surface area (Å²) in [5.74, 6) is 0. The lowest BCUT2D eigenvalue weighted by molar-refractivity contribution is 0.509. The maximum atomic E-state index is 8.50. The van der Waals surface area contributed by atoms with Crippen molar-refractivity contribution in [3.63, 3.8) is 0 Å². The first-order chi connectivity index (χ1) is 18.1. The number of aromatic nitrogens is 2. The molecule has 178 valence electrons. The van der Waals surface area contributed by atoms with Crippen LogP contribution in [-0.2, 0) is 0 Å². The fourth-order valence-corrected chi connectivity index (χ4v) is 5.44. The molecular weight excluding hydrogens is 454 g/mol. The van der Waals surface area contributed by atoms with Gasteiger partial charge < -0.3 is 8.98 Å². The highest BCUT2D eigenvalue weighted by Crippen LogP contribution is 2.36. The van der Waals surface area contributed by atoms with E-state index in [0.29, 0.717) is 5.58 Å². The SMILES string of the molecule is Cc1ccc2c(c1)c1cc(-c3ccc4oc(=N)n(-c5ccccc5C)c4c3)ccc1n2-c1ccccc1. The van der Waals surface area contributed by atoms with Crippen LogP contribution >= 0.6 is 0 Å². The monoisotopic (exact) mass is 479 g/mol. The summed E-state index contributed by atoms with van der Waals surface area (Å²) < 4.78 is 10.0. The van der Waals surface area contributed by atoms with E-state index >= 15 is 0 Å².